The molecule has 6 heteroatoms. The van der Waals surface area contributed by atoms with Crippen LogP contribution in [0.3, 0.4) is 0 Å². The molecule has 2 aromatic rings. The van der Waals surface area contributed by atoms with Gasteiger partial charge in [-0.15, -0.1) is 0 Å². The number of hydrogen-bond donors (Lipinski definition) is 2. The molecule has 0 aliphatic rings. The number of rotatable bonds is 3. The van der Waals surface area contributed by atoms with Crippen LogP contribution in [0.25, 0.3) is 0 Å². The molecule has 2 rings (SSSR count). The van der Waals surface area contributed by atoms with Gasteiger partial charge in [0.05, 0.1) is 12.2 Å². The van der Waals surface area contributed by atoms with Gasteiger partial charge in [-0.2, -0.15) is 5.10 Å². The fourth-order valence-corrected chi connectivity index (χ4v) is 1.67. The summed E-state index contributed by atoms with van der Waals surface area (Å²) in [5.74, 6) is -0.142. The summed E-state index contributed by atoms with van der Waals surface area (Å²) in [5, 5.41) is 6.94. The third-order valence-electron chi connectivity index (χ3n) is 2.09. The van der Waals surface area contributed by atoms with Crippen LogP contribution in [-0.4, -0.2) is 20.7 Å². The van der Waals surface area contributed by atoms with E-state index in [1.165, 1.54) is 0 Å². The number of H-pyrrole nitrogens is 1. The van der Waals surface area contributed by atoms with Gasteiger partial charge in [0.15, 0.2) is 0 Å². The molecular formula is C10H11BrN4O. The Labute approximate surface area is 101 Å². The van der Waals surface area contributed by atoms with Gasteiger partial charge in [-0.05, 0) is 28.1 Å². The molecule has 0 aliphatic carbocycles. The van der Waals surface area contributed by atoms with Gasteiger partial charge < -0.3 is 10.3 Å². The number of hydrogen-bond acceptors (Lipinski definition) is 2. The highest BCUT2D eigenvalue weighted by Gasteiger charge is 2.07. The Morgan fingerprint density at radius 3 is 3.06 bits per heavy atom. The molecule has 5 nitrogen and oxygen atoms in total. The number of carbonyl (C=O) groups excluding carboxylic acids is 1. The van der Waals surface area contributed by atoms with Crippen molar-refractivity contribution < 1.29 is 4.79 Å². The van der Waals surface area contributed by atoms with E-state index in [1.807, 2.05) is 19.3 Å². The molecule has 84 valence electrons. The smallest absolute Gasteiger partial charge is 0.268 e. The maximum absolute atomic E-state index is 11.6. The standard InChI is InChI=1S/C10H11BrN4O/c1-15-3-2-8(14-15)6-13-10(16)9-4-7(11)5-12-9/h2-5,12H,6H2,1H3,(H,13,16). The number of nitrogens with one attached hydrogen (secondary N) is 2. The molecule has 0 aromatic carbocycles. The van der Waals surface area contributed by atoms with Gasteiger partial charge >= 0.3 is 0 Å². The zero-order valence-electron chi connectivity index (χ0n) is 8.70. The van der Waals surface area contributed by atoms with Crippen molar-refractivity contribution in [1.82, 2.24) is 20.1 Å². The molecule has 0 radical (unpaired) electrons. The highest BCUT2D eigenvalue weighted by atomic mass is 79.9. The predicted molar refractivity (Wildman–Crippen MR) is 62.9 cm³/mol. The lowest BCUT2D eigenvalue weighted by atomic mass is 10.4. The Morgan fingerprint density at radius 2 is 2.50 bits per heavy atom. The maximum atomic E-state index is 11.6. The maximum Gasteiger partial charge on any atom is 0.268 e. The van der Waals surface area contributed by atoms with Gasteiger partial charge in [0, 0.05) is 23.9 Å². The van der Waals surface area contributed by atoms with Crippen molar-refractivity contribution in [3.63, 3.8) is 0 Å². The van der Waals surface area contributed by atoms with Gasteiger partial charge in [-0.3, -0.25) is 9.48 Å². The Balaban J connectivity index is 1.93. The first kappa shape index (κ1) is 10.9. The van der Waals surface area contributed by atoms with Crippen LogP contribution < -0.4 is 5.32 Å². The van der Waals surface area contributed by atoms with E-state index in [-0.39, 0.29) is 5.91 Å². The topological polar surface area (TPSA) is 62.7 Å². The second-order valence-electron chi connectivity index (χ2n) is 3.39. The van der Waals surface area contributed by atoms with Gasteiger partial charge in [-0.25, -0.2) is 0 Å². The molecule has 0 saturated carbocycles. The summed E-state index contributed by atoms with van der Waals surface area (Å²) >= 11 is 3.27. The summed E-state index contributed by atoms with van der Waals surface area (Å²) in [6.45, 7) is 0.427. The van der Waals surface area contributed by atoms with Crippen LogP contribution in [0, 0.1) is 0 Å². The monoisotopic (exact) mass is 282 g/mol. The lowest BCUT2D eigenvalue weighted by Gasteiger charge is -2.00. The van der Waals surface area contributed by atoms with E-state index in [0.717, 1.165) is 10.2 Å². The second-order valence-corrected chi connectivity index (χ2v) is 4.31. The van der Waals surface area contributed by atoms with E-state index in [9.17, 15) is 4.79 Å². The molecule has 0 atom stereocenters. The average Bonchev–Trinajstić information content (AvgIpc) is 2.84. The summed E-state index contributed by atoms with van der Waals surface area (Å²) in [7, 11) is 1.84. The summed E-state index contributed by atoms with van der Waals surface area (Å²) in [6, 6.07) is 3.60. The van der Waals surface area contributed by atoms with E-state index in [4.69, 9.17) is 0 Å². The fraction of sp³-hybridized carbons (Fsp3) is 0.200. The third-order valence-corrected chi connectivity index (χ3v) is 2.55. The van der Waals surface area contributed by atoms with Crippen molar-refractivity contribution in [2.45, 2.75) is 6.54 Å². The molecule has 0 saturated heterocycles. The highest BCUT2D eigenvalue weighted by Crippen LogP contribution is 2.10. The molecule has 0 unspecified atom stereocenters. The molecule has 2 aromatic heterocycles. The van der Waals surface area contributed by atoms with Crippen molar-refractivity contribution in [1.29, 1.82) is 0 Å². The quantitative estimate of drug-likeness (QED) is 0.895. The summed E-state index contributed by atoms with van der Waals surface area (Å²) in [6.07, 6.45) is 3.56. The Hall–Kier alpha value is -1.56. The van der Waals surface area contributed by atoms with E-state index < -0.39 is 0 Å². The van der Waals surface area contributed by atoms with Crippen LogP contribution in [0.15, 0.2) is 29.0 Å². The molecule has 1 amide bonds. The SMILES string of the molecule is Cn1ccc(CNC(=O)c2cc(Br)c[nH]2)n1. The molecule has 2 heterocycles. The first-order valence-corrected chi connectivity index (χ1v) is 5.55. The number of amides is 1. The molecule has 2 N–H and O–H groups in total. The molecule has 0 aliphatic heterocycles. The van der Waals surface area contributed by atoms with Crippen LogP contribution in [0.2, 0.25) is 0 Å². The molecule has 0 bridgehead atoms. The Morgan fingerprint density at radius 1 is 1.69 bits per heavy atom. The normalized spacial score (nSPS) is 10.4. The number of aryl methyl sites for hydroxylation is 1. The summed E-state index contributed by atoms with van der Waals surface area (Å²) in [5.41, 5.74) is 1.37. The number of carbonyl (C=O) groups is 1. The second kappa shape index (κ2) is 4.52. The number of aromatic nitrogens is 3. The predicted octanol–water partition coefficient (Wildman–Crippen LogP) is 1.44. The zero-order chi connectivity index (χ0) is 11.5. The van der Waals surface area contributed by atoms with Crippen molar-refractivity contribution >= 4 is 21.8 Å². The van der Waals surface area contributed by atoms with Crippen LogP contribution >= 0.6 is 15.9 Å². The zero-order valence-corrected chi connectivity index (χ0v) is 10.3. The van der Waals surface area contributed by atoms with E-state index >= 15 is 0 Å². The van der Waals surface area contributed by atoms with Crippen LogP contribution in [-0.2, 0) is 13.6 Å². The first-order chi connectivity index (χ1) is 7.65. The largest absolute Gasteiger partial charge is 0.356 e. The van der Waals surface area contributed by atoms with Crippen molar-refractivity contribution in [3.8, 4) is 0 Å². The van der Waals surface area contributed by atoms with Crippen molar-refractivity contribution in [2.24, 2.45) is 7.05 Å². The summed E-state index contributed by atoms with van der Waals surface area (Å²) in [4.78, 5) is 14.5. The number of halogens is 1. The molecule has 16 heavy (non-hydrogen) atoms. The lowest BCUT2D eigenvalue weighted by molar-refractivity contribution is 0.0946. The third kappa shape index (κ3) is 2.52. The van der Waals surface area contributed by atoms with Crippen molar-refractivity contribution in [3.05, 3.63) is 40.4 Å². The molecular weight excluding hydrogens is 272 g/mol. The van der Waals surface area contributed by atoms with E-state index in [2.05, 4.69) is 31.3 Å². The van der Waals surface area contributed by atoms with E-state index in [1.54, 1.807) is 16.9 Å². The minimum absolute atomic E-state index is 0.142. The molecule has 0 spiro atoms. The number of nitrogens with zero attached hydrogens (tertiary/aromatic N) is 2. The highest BCUT2D eigenvalue weighted by molar-refractivity contribution is 9.10. The minimum Gasteiger partial charge on any atom is -0.356 e. The Bertz CT molecular complexity index is 502. The van der Waals surface area contributed by atoms with Crippen LogP contribution in [0.1, 0.15) is 16.2 Å². The Kier molecular flexibility index (Phi) is 3.09. The first-order valence-electron chi connectivity index (χ1n) is 4.76. The average molecular weight is 283 g/mol. The summed E-state index contributed by atoms with van der Waals surface area (Å²) < 4.78 is 2.56. The molecule has 0 fully saturated rings. The van der Waals surface area contributed by atoms with E-state index in [0.29, 0.717) is 12.2 Å². The van der Waals surface area contributed by atoms with Crippen LogP contribution in [0.5, 0.6) is 0 Å². The lowest BCUT2D eigenvalue weighted by Crippen LogP contribution is -2.23. The fourth-order valence-electron chi connectivity index (χ4n) is 1.32. The van der Waals surface area contributed by atoms with Gasteiger partial charge in [-0.1, -0.05) is 0 Å². The van der Waals surface area contributed by atoms with Gasteiger partial charge in [0.25, 0.3) is 5.91 Å². The number of aromatic amines is 1. The van der Waals surface area contributed by atoms with Crippen molar-refractivity contribution in [2.75, 3.05) is 0 Å². The van der Waals surface area contributed by atoms with Crippen LogP contribution in [0.4, 0.5) is 0 Å². The minimum atomic E-state index is -0.142. The van der Waals surface area contributed by atoms with Gasteiger partial charge in [0.1, 0.15) is 5.69 Å². The van der Waals surface area contributed by atoms with Gasteiger partial charge in [0.2, 0.25) is 0 Å².